The van der Waals surface area contributed by atoms with Crippen LogP contribution in [-0.4, -0.2) is 16.6 Å². The van der Waals surface area contributed by atoms with E-state index in [-0.39, 0.29) is 29.2 Å². The fourth-order valence-corrected chi connectivity index (χ4v) is 2.30. The van der Waals surface area contributed by atoms with Gasteiger partial charge < -0.3 is 9.32 Å². The minimum Gasteiger partial charge on any atom is -0.415 e. The largest absolute Gasteiger partial charge is 0.415 e. The molecule has 0 N–H and O–H groups in total. The standard InChI is InChI=1S/C17H11F4N3O2/c18-12-3-1-2-4-14(12)24(9-25)8-11-6-5-10(7-13(11)19)16-22-23-17(26-16)15(20)21/h1-7,9,15H,8H2. The van der Waals surface area contributed by atoms with E-state index >= 15 is 0 Å². The summed E-state index contributed by atoms with van der Waals surface area (Å²) >= 11 is 0. The van der Waals surface area contributed by atoms with Gasteiger partial charge in [0.15, 0.2) is 0 Å². The normalized spacial score (nSPS) is 11.0. The van der Waals surface area contributed by atoms with Crippen molar-refractivity contribution >= 4 is 12.1 Å². The van der Waals surface area contributed by atoms with E-state index in [1.54, 1.807) is 6.07 Å². The van der Waals surface area contributed by atoms with Crippen LogP contribution in [0.5, 0.6) is 0 Å². The number of hydrogen-bond donors (Lipinski definition) is 0. The van der Waals surface area contributed by atoms with E-state index in [4.69, 9.17) is 4.42 Å². The van der Waals surface area contributed by atoms with Gasteiger partial charge in [-0.25, -0.2) is 8.78 Å². The predicted octanol–water partition coefficient (Wildman–Crippen LogP) is 4.12. The van der Waals surface area contributed by atoms with Crippen LogP contribution in [0.2, 0.25) is 0 Å². The summed E-state index contributed by atoms with van der Waals surface area (Å²) in [7, 11) is 0. The summed E-state index contributed by atoms with van der Waals surface area (Å²) in [5, 5.41) is 6.61. The lowest BCUT2D eigenvalue weighted by molar-refractivity contribution is -0.107. The molecule has 9 heteroatoms. The first-order valence-corrected chi connectivity index (χ1v) is 7.36. The molecule has 1 aromatic heterocycles. The number of rotatable bonds is 6. The Bertz CT molecular complexity index is 930. The summed E-state index contributed by atoms with van der Waals surface area (Å²) in [6.07, 6.45) is -2.54. The van der Waals surface area contributed by atoms with Crippen molar-refractivity contribution in [2.24, 2.45) is 0 Å². The highest BCUT2D eigenvalue weighted by molar-refractivity contribution is 5.75. The first-order valence-electron chi connectivity index (χ1n) is 7.36. The Hall–Kier alpha value is -3.23. The number of alkyl halides is 2. The Balaban J connectivity index is 1.85. The van der Waals surface area contributed by atoms with Crippen LogP contribution in [0.3, 0.4) is 0 Å². The summed E-state index contributed by atoms with van der Waals surface area (Å²) in [5.74, 6) is -2.48. The summed E-state index contributed by atoms with van der Waals surface area (Å²) in [5.41, 5.74) is 0.205. The van der Waals surface area contributed by atoms with Crippen molar-refractivity contribution in [2.75, 3.05) is 4.90 Å². The zero-order valence-corrected chi connectivity index (χ0v) is 13.1. The first-order chi connectivity index (χ1) is 12.5. The van der Waals surface area contributed by atoms with Crippen molar-refractivity contribution in [3.05, 3.63) is 65.6 Å². The predicted molar refractivity (Wildman–Crippen MR) is 83.3 cm³/mol. The molecule has 0 radical (unpaired) electrons. The van der Waals surface area contributed by atoms with Crippen LogP contribution in [0.25, 0.3) is 11.5 Å². The molecule has 0 unspecified atom stereocenters. The van der Waals surface area contributed by atoms with Gasteiger partial charge in [0, 0.05) is 11.1 Å². The molecule has 0 aliphatic carbocycles. The van der Waals surface area contributed by atoms with E-state index in [1.165, 1.54) is 30.3 Å². The third-order valence-corrected chi connectivity index (χ3v) is 3.56. The molecule has 0 aliphatic rings. The van der Waals surface area contributed by atoms with E-state index in [9.17, 15) is 22.4 Å². The number of nitrogens with zero attached hydrogens (tertiary/aromatic N) is 3. The zero-order valence-electron chi connectivity index (χ0n) is 13.1. The van der Waals surface area contributed by atoms with Crippen LogP contribution < -0.4 is 4.90 Å². The molecule has 0 fully saturated rings. The van der Waals surface area contributed by atoms with Gasteiger partial charge in [-0.1, -0.05) is 18.2 Å². The molecule has 0 bridgehead atoms. The van der Waals surface area contributed by atoms with E-state index < -0.39 is 24.0 Å². The third-order valence-electron chi connectivity index (χ3n) is 3.56. The highest BCUT2D eigenvalue weighted by Gasteiger charge is 2.18. The fourth-order valence-electron chi connectivity index (χ4n) is 2.30. The van der Waals surface area contributed by atoms with Crippen molar-refractivity contribution < 1.29 is 26.8 Å². The number of benzene rings is 2. The average Bonchev–Trinajstić information content (AvgIpc) is 3.12. The van der Waals surface area contributed by atoms with Crippen LogP contribution in [0.15, 0.2) is 46.9 Å². The lowest BCUT2D eigenvalue weighted by Gasteiger charge is -2.18. The Labute approximate surface area is 144 Å². The second-order valence-electron chi connectivity index (χ2n) is 5.24. The van der Waals surface area contributed by atoms with Crippen molar-refractivity contribution in [1.82, 2.24) is 10.2 Å². The number of halogens is 4. The second-order valence-corrected chi connectivity index (χ2v) is 5.24. The molecule has 0 saturated carbocycles. The number of amides is 1. The summed E-state index contributed by atoms with van der Waals surface area (Å²) in [4.78, 5) is 12.3. The second kappa shape index (κ2) is 7.34. The fraction of sp³-hybridized carbons (Fsp3) is 0.118. The molecule has 1 heterocycles. The molecular formula is C17H11F4N3O2. The number of carbonyl (C=O) groups excluding carboxylic acids is 1. The smallest absolute Gasteiger partial charge is 0.314 e. The SMILES string of the molecule is O=CN(Cc1ccc(-c2nnc(C(F)F)o2)cc1F)c1ccccc1F. The highest BCUT2D eigenvalue weighted by atomic mass is 19.3. The number of anilines is 1. The minimum absolute atomic E-state index is 0.00412. The van der Waals surface area contributed by atoms with Crippen LogP contribution in [0.4, 0.5) is 23.2 Å². The maximum absolute atomic E-state index is 14.3. The Morgan fingerprint density at radius 1 is 1.08 bits per heavy atom. The van der Waals surface area contributed by atoms with Crippen LogP contribution in [-0.2, 0) is 11.3 Å². The van der Waals surface area contributed by atoms with Crippen LogP contribution >= 0.6 is 0 Å². The van der Waals surface area contributed by atoms with Crippen molar-refractivity contribution in [2.45, 2.75) is 13.0 Å². The Morgan fingerprint density at radius 2 is 1.85 bits per heavy atom. The van der Waals surface area contributed by atoms with Gasteiger partial charge in [0.25, 0.3) is 5.89 Å². The molecule has 134 valence electrons. The summed E-state index contributed by atoms with van der Waals surface area (Å²) in [6, 6.07) is 9.31. The highest BCUT2D eigenvalue weighted by Crippen LogP contribution is 2.26. The molecule has 26 heavy (non-hydrogen) atoms. The zero-order chi connectivity index (χ0) is 18.7. The molecule has 1 amide bonds. The monoisotopic (exact) mass is 365 g/mol. The van der Waals surface area contributed by atoms with Crippen molar-refractivity contribution in [3.8, 4) is 11.5 Å². The third kappa shape index (κ3) is 3.56. The topological polar surface area (TPSA) is 59.2 Å². The lowest BCUT2D eigenvalue weighted by atomic mass is 10.1. The van der Waals surface area contributed by atoms with Crippen molar-refractivity contribution in [3.63, 3.8) is 0 Å². The van der Waals surface area contributed by atoms with Crippen molar-refractivity contribution in [1.29, 1.82) is 0 Å². The molecule has 0 spiro atoms. The number of aromatic nitrogens is 2. The van der Waals surface area contributed by atoms with Gasteiger partial charge >= 0.3 is 6.43 Å². The first kappa shape index (κ1) is 17.6. The molecule has 0 aliphatic heterocycles. The molecule has 5 nitrogen and oxygen atoms in total. The van der Waals surface area contributed by atoms with E-state index in [0.717, 1.165) is 11.0 Å². The van der Waals surface area contributed by atoms with Gasteiger partial charge in [-0.2, -0.15) is 8.78 Å². The van der Waals surface area contributed by atoms with E-state index in [1.807, 2.05) is 0 Å². The summed E-state index contributed by atoms with van der Waals surface area (Å²) < 4.78 is 57.9. The van der Waals surface area contributed by atoms with E-state index in [0.29, 0.717) is 6.41 Å². The van der Waals surface area contributed by atoms with Gasteiger partial charge in [0.2, 0.25) is 12.3 Å². The van der Waals surface area contributed by atoms with Gasteiger partial charge in [0.05, 0.1) is 12.2 Å². The van der Waals surface area contributed by atoms with E-state index in [2.05, 4.69) is 10.2 Å². The van der Waals surface area contributed by atoms with Gasteiger partial charge in [-0.15, -0.1) is 10.2 Å². The van der Waals surface area contributed by atoms with Gasteiger partial charge in [-0.05, 0) is 24.3 Å². The van der Waals surface area contributed by atoms with Gasteiger partial charge in [0.1, 0.15) is 11.6 Å². The Morgan fingerprint density at radius 3 is 2.46 bits per heavy atom. The molecule has 2 aromatic carbocycles. The van der Waals surface area contributed by atoms with Crippen LogP contribution in [0, 0.1) is 11.6 Å². The summed E-state index contributed by atoms with van der Waals surface area (Å²) in [6.45, 7) is -0.220. The molecule has 0 atom stereocenters. The molecule has 3 rings (SSSR count). The molecular weight excluding hydrogens is 354 g/mol. The number of para-hydroxylation sites is 1. The Kier molecular flexibility index (Phi) is 4.97. The molecule has 3 aromatic rings. The maximum atomic E-state index is 14.3. The lowest BCUT2D eigenvalue weighted by Crippen LogP contribution is -2.22. The number of carbonyl (C=O) groups is 1. The molecule has 0 saturated heterocycles. The quantitative estimate of drug-likeness (QED) is 0.487. The average molecular weight is 365 g/mol. The van der Waals surface area contributed by atoms with Crippen LogP contribution in [0.1, 0.15) is 17.9 Å². The minimum atomic E-state index is -2.93. The number of hydrogen-bond acceptors (Lipinski definition) is 4. The maximum Gasteiger partial charge on any atom is 0.314 e. The van der Waals surface area contributed by atoms with Gasteiger partial charge in [-0.3, -0.25) is 4.79 Å².